The van der Waals surface area contributed by atoms with E-state index < -0.39 is 34.3 Å². The van der Waals surface area contributed by atoms with E-state index in [0.29, 0.717) is 12.1 Å². The summed E-state index contributed by atoms with van der Waals surface area (Å²) in [5.41, 5.74) is 2.13. The van der Waals surface area contributed by atoms with Crippen LogP contribution in [0.2, 0.25) is 0 Å². The molecule has 7 nitrogen and oxygen atoms in total. The SMILES string of the molecule is CC[C@H](C(=O)NC1CCCC1)N(Cc1ccccc1C)C(=O)CN(c1ccccc1)S(=O)(=O)c1ccc(F)cc1. The van der Waals surface area contributed by atoms with Crippen LogP contribution in [0.1, 0.15) is 50.2 Å². The Morgan fingerprint density at radius 3 is 2.20 bits per heavy atom. The van der Waals surface area contributed by atoms with E-state index in [9.17, 15) is 22.4 Å². The van der Waals surface area contributed by atoms with Crippen LogP contribution in [0.15, 0.2) is 83.8 Å². The first-order valence-corrected chi connectivity index (χ1v) is 15.1. The maximum absolute atomic E-state index is 14.1. The molecule has 0 saturated heterocycles. The van der Waals surface area contributed by atoms with Crippen LogP contribution in [0.5, 0.6) is 0 Å². The number of rotatable bonds is 11. The van der Waals surface area contributed by atoms with Crippen LogP contribution in [0.4, 0.5) is 10.1 Å². The van der Waals surface area contributed by atoms with Gasteiger partial charge in [-0.2, -0.15) is 0 Å². The third-order valence-electron chi connectivity index (χ3n) is 7.41. The Balaban J connectivity index is 1.70. The van der Waals surface area contributed by atoms with E-state index >= 15 is 0 Å². The lowest BCUT2D eigenvalue weighted by atomic mass is 10.1. The van der Waals surface area contributed by atoms with Crippen LogP contribution in [0.25, 0.3) is 0 Å². The minimum atomic E-state index is -4.23. The molecule has 0 aromatic heterocycles. The van der Waals surface area contributed by atoms with Crippen molar-refractivity contribution in [2.24, 2.45) is 0 Å². The first-order valence-electron chi connectivity index (χ1n) is 13.7. The number of aryl methyl sites for hydroxylation is 1. The van der Waals surface area contributed by atoms with Gasteiger partial charge < -0.3 is 10.2 Å². The third kappa shape index (κ3) is 6.88. The van der Waals surface area contributed by atoms with Gasteiger partial charge in [-0.05, 0) is 73.7 Å². The number of benzene rings is 3. The summed E-state index contributed by atoms with van der Waals surface area (Å²) in [6.07, 6.45) is 4.30. The fourth-order valence-electron chi connectivity index (χ4n) is 5.11. The first kappa shape index (κ1) is 29.3. The second kappa shape index (κ2) is 13.1. The lowest BCUT2D eigenvalue weighted by Crippen LogP contribution is -2.53. The molecule has 1 atom stereocenters. The van der Waals surface area contributed by atoms with Crippen molar-refractivity contribution in [1.29, 1.82) is 0 Å². The van der Waals surface area contributed by atoms with Crippen LogP contribution in [0, 0.1) is 12.7 Å². The molecule has 3 aromatic rings. The van der Waals surface area contributed by atoms with E-state index in [4.69, 9.17) is 0 Å². The van der Waals surface area contributed by atoms with Gasteiger partial charge in [-0.1, -0.05) is 62.2 Å². The molecule has 1 fully saturated rings. The highest BCUT2D eigenvalue weighted by Crippen LogP contribution is 2.25. The minimum Gasteiger partial charge on any atom is -0.352 e. The molecule has 0 bridgehead atoms. The smallest absolute Gasteiger partial charge is 0.264 e. The average molecular weight is 566 g/mol. The molecule has 9 heteroatoms. The molecule has 0 unspecified atom stereocenters. The highest BCUT2D eigenvalue weighted by atomic mass is 32.2. The lowest BCUT2D eigenvalue weighted by Gasteiger charge is -2.34. The second-order valence-corrected chi connectivity index (χ2v) is 12.0. The number of halogens is 1. The number of carbonyl (C=O) groups is 2. The van der Waals surface area contributed by atoms with Gasteiger partial charge in [-0.25, -0.2) is 12.8 Å². The average Bonchev–Trinajstić information content (AvgIpc) is 3.46. The summed E-state index contributed by atoms with van der Waals surface area (Å²) >= 11 is 0. The molecule has 1 saturated carbocycles. The number of hydrogen-bond acceptors (Lipinski definition) is 4. The Bertz CT molecular complexity index is 1410. The van der Waals surface area contributed by atoms with Crippen LogP contribution in [0.3, 0.4) is 0 Å². The van der Waals surface area contributed by atoms with Crippen molar-refractivity contribution in [3.05, 3.63) is 95.8 Å². The van der Waals surface area contributed by atoms with Crippen LogP contribution >= 0.6 is 0 Å². The predicted octanol–water partition coefficient (Wildman–Crippen LogP) is 5.20. The predicted molar refractivity (Wildman–Crippen MR) is 154 cm³/mol. The van der Waals surface area contributed by atoms with Gasteiger partial charge in [-0.3, -0.25) is 13.9 Å². The lowest BCUT2D eigenvalue weighted by molar-refractivity contribution is -0.140. The number of amides is 2. The Kier molecular flexibility index (Phi) is 9.58. The molecule has 4 rings (SSSR count). The maximum atomic E-state index is 14.1. The van der Waals surface area contributed by atoms with Gasteiger partial charge in [-0.15, -0.1) is 0 Å². The van der Waals surface area contributed by atoms with Crippen molar-refractivity contribution >= 4 is 27.5 Å². The zero-order chi connectivity index (χ0) is 28.7. The van der Waals surface area contributed by atoms with Crippen molar-refractivity contribution in [2.45, 2.75) is 69.5 Å². The molecule has 0 aliphatic heterocycles. The minimum absolute atomic E-state index is 0.0802. The van der Waals surface area contributed by atoms with E-state index in [1.54, 1.807) is 30.3 Å². The van der Waals surface area contributed by atoms with E-state index in [2.05, 4.69) is 5.32 Å². The van der Waals surface area contributed by atoms with Crippen molar-refractivity contribution in [1.82, 2.24) is 10.2 Å². The fourth-order valence-corrected chi connectivity index (χ4v) is 6.53. The Labute approximate surface area is 236 Å². The molecule has 0 radical (unpaired) electrons. The first-order chi connectivity index (χ1) is 19.2. The number of sulfonamides is 1. The number of carbonyl (C=O) groups excluding carboxylic acids is 2. The van der Waals surface area contributed by atoms with Gasteiger partial charge >= 0.3 is 0 Å². The molecule has 2 amide bonds. The van der Waals surface area contributed by atoms with Gasteiger partial charge in [0.25, 0.3) is 10.0 Å². The Hall–Kier alpha value is -3.72. The highest BCUT2D eigenvalue weighted by molar-refractivity contribution is 7.92. The molecule has 40 heavy (non-hydrogen) atoms. The summed E-state index contributed by atoms with van der Waals surface area (Å²) in [5, 5.41) is 3.11. The van der Waals surface area contributed by atoms with Gasteiger partial charge in [0.1, 0.15) is 18.4 Å². The van der Waals surface area contributed by atoms with Crippen LogP contribution in [-0.2, 0) is 26.2 Å². The van der Waals surface area contributed by atoms with Crippen LogP contribution < -0.4 is 9.62 Å². The summed E-state index contributed by atoms with van der Waals surface area (Å²) in [4.78, 5) is 28.9. The standard InChI is InChI=1S/C31H36FN3O4S/c1-3-29(31(37)33-26-13-9-10-14-26)34(21-24-12-8-7-11-23(24)2)30(36)22-35(27-15-5-4-6-16-27)40(38,39)28-19-17-25(32)18-20-28/h4-8,11-12,15-20,26,29H,3,9-10,13-14,21-22H2,1-2H3,(H,33,37)/t29-/m1/s1. The molecule has 212 valence electrons. The Morgan fingerprint density at radius 1 is 0.950 bits per heavy atom. The largest absolute Gasteiger partial charge is 0.352 e. The molecular formula is C31H36FN3O4S. The van der Waals surface area contributed by atoms with E-state index in [0.717, 1.165) is 53.2 Å². The monoisotopic (exact) mass is 565 g/mol. The zero-order valence-corrected chi connectivity index (χ0v) is 23.7. The van der Waals surface area contributed by atoms with Gasteiger partial charge in [0, 0.05) is 12.6 Å². The number of nitrogens with zero attached hydrogens (tertiary/aromatic N) is 2. The van der Waals surface area contributed by atoms with Crippen molar-refractivity contribution in [3.8, 4) is 0 Å². The summed E-state index contributed by atoms with van der Waals surface area (Å²) in [6, 6.07) is 19.7. The molecule has 1 aliphatic rings. The fraction of sp³-hybridized carbons (Fsp3) is 0.355. The topological polar surface area (TPSA) is 86.8 Å². The van der Waals surface area contributed by atoms with E-state index in [1.165, 1.54) is 17.0 Å². The Morgan fingerprint density at radius 2 is 1.57 bits per heavy atom. The van der Waals surface area contributed by atoms with Crippen molar-refractivity contribution in [2.75, 3.05) is 10.8 Å². The quantitative estimate of drug-likeness (QED) is 0.347. The number of anilines is 1. The van der Waals surface area contributed by atoms with Crippen molar-refractivity contribution < 1.29 is 22.4 Å². The van der Waals surface area contributed by atoms with Crippen LogP contribution in [-0.4, -0.2) is 43.8 Å². The molecule has 1 aliphatic carbocycles. The molecule has 3 aromatic carbocycles. The third-order valence-corrected chi connectivity index (χ3v) is 9.20. The van der Waals surface area contributed by atoms with Crippen molar-refractivity contribution in [3.63, 3.8) is 0 Å². The summed E-state index contributed by atoms with van der Waals surface area (Å²) in [7, 11) is -4.23. The summed E-state index contributed by atoms with van der Waals surface area (Å²) < 4.78 is 42.2. The molecule has 1 N–H and O–H groups in total. The second-order valence-electron chi connectivity index (χ2n) is 10.2. The number of nitrogens with one attached hydrogen (secondary N) is 1. The number of hydrogen-bond donors (Lipinski definition) is 1. The highest BCUT2D eigenvalue weighted by Gasteiger charge is 2.34. The zero-order valence-electron chi connectivity index (χ0n) is 22.9. The number of para-hydroxylation sites is 1. The van der Waals surface area contributed by atoms with E-state index in [-0.39, 0.29) is 23.4 Å². The molecule has 0 heterocycles. The van der Waals surface area contributed by atoms with E-state index in [1.807, 2.05) is 38.1 Å². The maximum Gasteiger partial charge on any atom is 0.264 e. The summed E-state index contributed by atoms with van der Waals surface area (Å²) in [6.45, 7) is 3.41. The van der Waals surface area contributed by atoms with Gasteiger partial charge in [0.15, 0.2) is 0 Å². The molecular weight excluding hydrogens is 529 g/mol. The van der Waals surface area contributed by atoms with Gasteiger partial charge in [0.2, 0.25) is 11.8 Å². The summed E-state index contributed by atoms with van der Waals surface area (Å²) in [5.74, 6) is -1.31. The van der Waals surface area contributed by atoms with Gasteiger partial charge in [0.05, 0.1) is 10.6 Å². The normalized spacial score (nSPS) is 14.5. The molecule has 0 spiro atoms.